The van der Waals surface area contributed by atoms with Crippen LogP contribution < -0.4 is 24.8 Å². The van der Waals surface area contributed by atoms with Gasteiger partial charge in [0.1, 0.15) is 12.4 Å². The fourth-order valence-corrected chi connectivity index (χ4v) is 2.38. The molecule has 0 radical (unpaired) electrons. The van der Waals surface area contributed by atoms with Crippen molar-refractivity contribution in [1.29, 1.82) is 0 Å². The van der Waals surface area contributed by atoms with Crippen LogP contribution >= 0.6 is 0 Å². The number of hydrogen-bond acceptors (Lipinski definition) is 6. The summed E-state index contributed by atoms with van der Waals surface area (Å²) in [6.07, 6.45) is 0. The van der Waals surface area contributed by atoms with Crippen molar-refractivity contribution >= 4 is 5.96 Å². The molecule has 1 aliphatic rings. The van der Waals surface area contributed by atoms with Gasteiger partial charge >= 0.3 is 0 Å². The summed E-state index contributed by atoms with van der Waals surface area (Å²) in [6, 6.07) is 7.48. The van der Waals surface area contributed by atoms with E-state index in [0.717, 1.165) is 23.0 Å². The molecule has 0 spiro atoms. The zero-order valence-corrected chi connectivity index (χ0v) is 15.2. The maximum Gasteiger partial charge on any atom is 0.231 e. The van der Waals surface area contributed by atoms with Crippen LogP contribution in [0.15, 0.2) is 33.8 Å². The van der Waals surface area contributed by atoms with Gasteiger partial charge in [0.05, 0.1) is 18.8 Å². The second kappa shape index (κ2) is 8.46. The van der Waals surface area contributed by atoms with Gasteiger partial charge in [0.15, 0.2) is 23.2 Å². The van der Waals surface area contributed by atoms with Crippen LogP contribution in [0.2, 0.25) is 0 Å². The van der Waals surface area contributed by atoms with E-state index in [2.05, 4.69) is 34.6 Å². The molecule has 0 aliphatic carbocycles. The molecular weight excluding hydrogens is 336 g/mol. The van der Waals surface area contributed by atoms with Crippen LogP contribution in [0.25, 0.3) is 0 Å². The first kappa shape index (κ1) is 17.9. The molecule has 0 amide bonds. The fourth-order valence-electron chi connectivity index (χ4n) is 2.38. The quantitative estimate of drug-likeness (QED) is 0.445. The third-order valence-electron chi connectivity index (χ3n) is 3.83. The van der Waals surface area contributed by atoms with E-state index < -0.39 is 0 Å². The van der Waals surface area contributed by atoms with Gasteiger partial charge in [0.25, 0.3) is 0 Å². The van der Waals surface area contributed by atoms with E-state index in [9.17, 15) is 0 Å². The van der Waals surface area contributed by atoms with Crippen molar-refractivity contribution < 1.29 is 18.7 Å². The monoisotopic (exact) mass is 360 g/mol. The van der Waals surface area contributed by atoms with Gasteiger partial charge in [-0.15, -0.1) is 0 Å². The molecule has 2 N–H and O–H groups in total. The van der Waals surface area contributed by atoms with Gasteiger partial charge in [-0.2, -0.15) is 0 Å². The Kier molecular flexibility index (Phi) is 5.83. The number of aromatic nitrogens is 1. The average molecular weight is 360 g/mol. The van der Waals surface area contributed by atoms with Crippen LogP contribution in [-0.2, 0) is 6.54 Å². The topological polar surface area (TPSA) is 90.1 Å². The Balaban J connectivity index is 1.38. The second-order valence-corrected chi connectivity index (χ2v) is 6.09. The molecule has 0 saturated carbocycles. The fraction of sp³-hybridized carbons (Fsp3) is 0.444. The summed E-state index contributed by atoms with van der Waals surface area (Å²) in [5, 5.41) is 10.4. The number of fused-ring (bicyclic) bond motifs is 1. The highest BCUT2D eigenvalue weighted by Crippen LogP contribution is 2.34. The summed E-state index contributed by atoms with van der Waals surface area (Å²) in [6.45, 7) is 6.02. The molecule has 2 heterocycles. The molecule has 26 heavy (non-hydrogen) atoms. The lowest BCUT2D eigenvalue weighted by Crippen LogP contribution is -2.38. The van der Waals surface area contributed by atoms with Crippen LogP contribution in [0.5, 0.6) is 17.2 Å². The van der Waals surface area contributed by atoms with E-state index in [1.807, 2.05) is 24.3 Å². The Morgan fingerprint density at radius 1 is 1.23 bits per heavy atom. The number of hydrogen-bond donors (Lipinski definition) is 2. The standard InChI is InChI=1S/C18H24N4O4/c1-12(2)15-8-14(26-22-15)10-21-18(19-3)20-6-7-23-13-4-5-16-17(9-13)25-11-24-16/h4-5,8-9,12H,6-7,10-11H2,1-3H3,(H2,19,20,21). The van der Waals surface area contributed by atoms with Crippen molar-refractivity contribution in [3.05, 3.63) is 35.7 Å². The van der Waals surface area contributed by atoms with Gasteiger partial charge in [0, 0.05) is 19.2 Å². The molecule has 1 aliphatic heterocycles. The number of ether oxygens (including phenoxy) is 3. The number of nitrogens with one attached hydrogen (secondary N) is 2. The van der Waals surface area contributed by atoms with Crippen LogP contribution in [-0.4, -0.2) is 38.1 Å². The lowest BCUT2D eigenvalue weighted by molar-refractivity contribution is 0.173. The maximum absolute atomic E-state index is 5.71. The Morgan fingerprint density at radius 2 is 2.08 bits per heavy atom. The summed E-state index contributed by atoms with van der Waals surface area (Å²) >= 11 is 0. The molecule has 2 aromatic rings. The number of rotatable bonds is 7. The van der Waals surface area contributed by atoms with Gasteiger partial charge in [-0.3, -0.25) is 4.99 Å². The second-order valence-electron chi connectivity index (χ2n) is 6.09. The van der Waals surface area contributed by atoms with Crippen LogP contribution in [0.3, 0.4) is 0 Å². The average Bonchev–Trinajstić information content (AvgIpc) is 3.30. The van der Waals surface area contributed by atoms with E-state index >= 15 is 0 Å². The third-order valence-corrected chi connectivity index (χ3v) is 3.83. The minimum absolute atomic E-state index is 0.256. The van der Waals surface area contributed by atoms with E-state index in [-0.39, 0.29) is 6.79 Å². The van der Waals surface area contributed by atoms with Crippen molar-refractivity contribution in [2.75, 3.05) is 27.0 Å². The Bertz CT molecular complexity index is 757. The highest BCUT2D eigenvalue weighted by molar-refractivity contribution is 5.79. The first-order chi connectivity index (χ1) is 12.7. The van der Waals surface area contributed by atoms with Crippen LogP contribution in [0.4, 0.5) is 0 Å². The molecule has 8 nitrogen and oxygen atoms in total. The number of nitrogens with zero attached hydrogens (tertiary/aromatic N) is 2. The normalized spacial score (nSPS) is 13.2. The van der Waals surface area contributed by atoms with Gasteiger partial charge in [-0.1, -0.05) is 19.0 Å². The van der Waals surface area contributed by atoms with E-state index in [1.165, 1.54) is 0 Å². The Labute approximate surface area is 152 Å². The number of guanidine groups is 1. The number of benzene rings is 1. The van der Waals surface area contributed by atoms with E-state index in [4.69, 9.17) is 18.7 Å². The molecule has 0 bridgehead atoms. The predicted molar refractivity (Wildman–Crippen MR) is 96.9 cm³/mol. The SMILES string of the molecule is CN=C(NCCOc1ccc2c(c1)OCO2)NCc1cc(C(C)C)no1. The first-order valence-corrected chi connectivity index (χ1v) is 8.58. The summed E-state index contributed by atoms with van der Waals surface area (Å²) in [4.78, 5) is 4.18. The van der Waals surface area contributed by atoms with Gasteiger partial charge in [-0.25, -0.2) is 0 Å². The molecular formula is C18H24N4O4. The van der Waals surface area contributed by atoms with Crippen molar-refractivity contribution in [2.45, 2.75) is 26.3 Å². The van der Waals surface area contributed by atoms with Gasteiger partial charge in [0.2, 0.25) is 6.79 Å². The molecule has 1 aromatic heterocycles. The first-order valence-electron chi connectivity index (χ1n) is 8.58. The van der Waals surface area contributed by atoms with Crippen molar-refractivity contribution in [3.63, 3.8) is 0 Å². The van der Waals surface area contributed by atoms with E-state index in [1.54, 1.807) is 7.05 Å². The molecule has 0 atom stereocenters. The van der Waals surface area contributed by atoms with Crippen molar-refractivity contribution in [1.82, 2.24) is 15.8 Å². The molecule has 140 valence electrons. The van der Waals surface area contributed by atoms with E-state index in [0.29, 0.717) is 37.3 Å². The maximum atomic E-state index is 5.71. The highest BCUT2D eigenvalue weighted by Gasteiger charge is 2.13. The summed E-state index contributed by atoms with van der Waals surface area (Å²) in [5.41, 5.74) is 0.946. The van der Waals surface area contributed by atoms with Crippen molar-refractivity contribution in [3.8, 4) is 17.2 Å². The predicted octanol–water partition coefficient (Wildman–Crippen LogP) is 2.27. The molecule has 1 aromatic carbocycles. The molecule has 0 fully saturated rings. The van der Waals surface area contributed by atoms with Gasteiger partial charge < -0.3 is 29.4 Å². The zero-order valence-electron chi connectivity index (χ0n) is 15.2. The molecule has 3 rings (SSSR count). The lowest BCUT2D eigenvalue weighted by atomic mass is 10.1. The molecule has 8 heteroatoms. The van der Waals surface area contributed by atoms with Gasteiger partial charge in [-0.05, 0) is 18.1 Å². The summed E-state index contributed by atoms with van der Waals surface area (Å²) in [5.74, 6) is 3.98. The molecule has 0 saturated heterocycles. The highest BCUT2D eigenvalue weighted by atomic mass is 16.7. The summed E-state index contributed by atoms with van der Waals surface area (Å²) in [7, 11) is 1.72. The zero-order chi connectivity index (χ0) is 18.4. The minimum Gasteiger partial charge on any atom is -0.492 e. The van der Waals surface area contributed by atoms with Crippen LogP contribution in [0.1, 0.15) is 31.2 Å². The minimum atomic E-state index is 0.256. The Hall–Kier alpha value is -2.90. The van der Waals surface area contributed by atoms with Crippen molar-refractivity contribution in [2.24, 2.45) is 4.99 Å². The van der Waals surface area contributed by atoms with Crippen LogP contribution in [0, 0.1) is 0 Å². The smallest absolute Gasteiger partial charge is 0.231 e. The third kappa shape index (κ3) is 4.59. The number of aliphatic imine (C=N–C) groups is 1. The largest absolute Gasteiger partial charge is 0.492 e. The summed E-state index contributed by atoms with van der Waals surface area (Å²) < 4.78 is 21.6. The Morgan fingerprint density at radius 3 is 2.85 bits per heavy atom. The lowest BCUT2D eigenvalue weighted by Gasteiger charge is -2.11. The molecule has 0 unspecified atom stereocenters.